The summed E-state index contributed by atoms with van der Waals surface area (Å²) >= 11 is 0. The van der Waals surface area contributed by atoms with Crippen LogP contribution in [-0.4, -0.2) is 27.9 Å². The van der Waals surface area contributed by atoms with Crippen molar-refractivity contribution in [2.45, 2.75) is 6.04 Å². The van der Waals surface area contributed by atoms with Gasteiger partial charge in [0.05, 0.1) is 25.8 Å². The number of nitrogens with one attached hydrogen (secondary N) is 1. The van der Waals surface area contributed by atoms with Gasteiger partial charge in [0.2, 0.25) is 0 Å². The van der Waals surface area contributed by atoms with E-state index in [1.54, 1.807) is 14.2 Å². The maximum absolute atomic E-state index is 5.84. The minimum Gasteiger partial charge on any atom is -0.496 e. The highest BCUT2D eigenvalue weighted by atomic mass is 16.5. The molecule has 2 aromatic rings. The van der Waals surface area contributed by atoms with Crippen molar-refractivity contribution in [2.75, 3.05) is 27.9 Å². The molecule has 2 rings (SSSR count). The second kappa shape index (κ2) is 7.55. The Balaban J connectivity index is 2.21. The maximum Gasteiger partial charge on any atom is 0.127 e. The van der Waals surface area contributed by atoms with Crippen molar-refractivity contribution in [3.8, 4) is 17.2 Å². The largest absolute Gasteiger partial charge is 0.496 e. The monoisotopic (exact) mass is 287 g/mol. The first-order valence-electron chi connectivity index (χ1n) is 6.86. The summed E-state index contributed by atoms with van der Waals surface area (Å²) in [7, 11) is 5.21. The van der Waals surface area contributed by atoms with Crippen molar-refractivity contribution < 1.29 is 14.2 Å². The average molecular weight is 287 g/mol. The minimum absolute atomic E-state index is 0.0312. The highest BCUT2D eigenvalue weighted by molar-refractivity contribution is 5.47. The number of ether oxygens (including phenoxy) is 3. The first kappa shape index (κ1) is 15.2. The SMILES string of the molecule is CNC(COc1ccccc1)c1c(OC)cccc1OC. The summed E-state index contributed by atoms with van der Waals surface area (Å²) in [5.74, 6) is 2.40. The number of benzene rings is 2. The third kappa shape index (κ3) is 3.67. The van der Waals surface area contributed by atoms with Gasteiger partial charge in [0, 0.05) is 0 Å². The van der Waals surface area contributed by atoms with Crippen molar-refractivity contribution in [1.82, 2.24) is 5.32 Å². The van der Waals surface area contributed by atoms with E-state index in [9.17, 15) is 0 Å². The van der Waals surface area contributed by atoms with Crippen LogP contribution in [0.15, 0.2) is 48.5 Å². The third-order valence-corrected chi connectivity index (χ3v) is 3.32. The first-order chi connectivity index (χ1) is 10.3. The Labute approximate surface area is 125 Å². The van der Waals surface area contributed by atoms with E-state index >= 15 is 0 Å². The Morgan fingerprint density at radius 1 is 0.905 bits per heavy atom. The fourth-order valence-electron chi connectivity index (χ4n) is 2.23. The second-order valence-electron chi connectivity index (χ2n) is 4.54. The summed E-state index contributed by atoms with van der Waals surface area (Å²) in [6, 6.07) is 15.5. The average Bonchev–Trinajstić information content (AvgIpc) is 2.56. The molecule has 0 saturated heterocycles. The number of para-hydroxylation sites is 1. The molecule has 112 valence electrons. The van der Waals surface area contributed by atoms with E-state index in [0.29, 0.717) is 6.61 Å². The van der Waals surface area contributed by atoms with Gasteiger partial charge in [0.25, 0.3) is 0 Å². The van der Waals surface area contributed by atoms with Crippen LogP contribution in [0.2, 0.25) is 0 Å². The van der Waals surface area contributed by atoms with E-state index in [4.69, 9.17) is 14.2 Å². The molecule has 1 N–H and O–H groups in total. The second-order valence-corrected chi connectivity index (χ2v) is 4.54. The van der Waals surface area contributed by atoms with Crippen LogP contribution in [0.25, 0.3) is 0 Å². The van der Waals surface area contributed by atoms with Crippen LogP contribution in [0.3, 0.4) is 0 Å². The molecular formula is C17H21NO3. The van der Waals surface area contributed by atoms with Gasteiger partial charge in [-0.05, 0) is 31.3 Å². The first-order valence-corrected chi connectivity index (χ1v) is 6.86. The van der Waals surface area contributed by atoms with Gasteiger partial charge in [-0.3, -0.25) is 0 Å². The Morgan fingerprint density at radius 3 is 2.05 bits per heavy atom. The summed E-state index contributed by atoms with van der Waals surface area (Å²) in [5, 5.41) is 3.25. The Kier molecular flexibility index (Phi) is 5.46. The highest BCUT2D eigenvalue weighted by Crippen LogP contribution is 2.34. The summed E-state index contributed by atoms with van der Waals surface area (Å²) in [5.41, 5.74) is 0.959. The normalized spacial score (nSPS) is 11.8. The minimum atomic E-state index is -0.0312. The smallest absolute Gasteiger partial charge is 0.127 e. The zero-order valence-corrected chi connectivity index (χ0v) is 12.6. The fraction of sp³-hybridized carbons (Fsp3) is 0.294. The molecule has 0 radical (unpaired) electrons. The molecule has 0 aliphatic rings. The number of rotatable bonds is 7. The molecule has 0 saturated carbocycles. The van der Waals surface area contributed by atoms with Crippen LogP contribution < -0.4 is 19.5 Å². The lowest BCUT2D eigenvalue weighted by molar-refractivity contribution is 0.264. The zero-order valence-electron chi connectivity index (χ0n) is 12.6. The number of methoxy groups -OCH3 is 2. The summed E-state index contributed by atoms with van der Waals surface area (Å²) in [6.07, 6.45) is 0. The van der Waals surface area contributed by atoms with Gasteiger partial charge >= 0.3 is 0 Å². The predicted octanol–water partition coefficient (Wildman–Crippen LogP) is 3.04. The lowest BCUT2D eigenvalue weighted by atomic mass is 10.0. The molecule has 0 heterocycles. The van der Waals surface area contributed by atoms with E-state index in [2.05, 4.69) is 5.32 Å². The van der Waals surface area contributed by atoms with Crippen molar-refractivity contribution >= 4 is 0 Å². The summed E-state index contributed by atoms with van der Waals surface area (Å²) in [4.78, 5) is 0. The predicted molar refractivity (Wildman–Crippen MR) is 83.3 cm³/mol. The Bertz CT molecular complexity index is 535. The van der Waals surface area contributed by atoms with Gasteiger partial charge < -0.3 is 19.5 Å². The van der Waals surface area contributed by atoms with Crippen LogP contribution in [0.1, 0.15) is 11.6 Å². The van der Waals surface area contributed by atoms with Gasteiger partial charge in [-0.25, -0.2) is 0 Å². The van der Waals surface area contributed by atoms with Gasteiger partial charge in [-0.15, -0.1) is 0 Å². The molecule has 4 heteroatoms. The molecule has 1 unspecified atom stereocenters. The molecule has 4 nitrogen and oxygen atoms in total. The molecular weight excluding hydrogens is 266 g/mol. The molecule has 0 spiro atoms. The van der Waals surface area contributed by atoms with Crippen LogP contribution in [-0.2, 0) is 0 Å². The molecule has 21 heavy (non-hydrogen) atoms. The van der Waals surface area contributed by atoms with Crippen molar-refractivity contribution in [2.24, 2.45) is 0 Å². The number of likely N-dealkylation sites (N-methyl/N-ethyl adjacent to an activating group) is 1. The molecule has 0 amide bonds. The maximum atomic E-state index is 5.84. The Morgan fingerprint density at radius 2 is 1.52 bits per heavy atom. The number of hydrogen-bond donors (Lipinski definition) is 1. The fourth-order valence-corrected chi connectivity index (χ4v) is 2.23. The van der Waals surface area contributed by atoms with Gasteiger partial charge in [0.1, 0.15) is 23.9 Å². The van der Waals surface area contributed by atoms with E-state index in [-0.39, 0.29) is 6.04 Å². The molecule has 1 atom stereocenters. The molecule has 0 bridgehead atoms. The van der Waals surface area contributed by atoms with Gasteiger partial charge in [-0.1, -0.05) is 24.3 Å². The van der Waals surface area contributed by atoms with E-state index in [1.165, 1.54) is 0 Å². The van der Waals surface area contributed by atoms with Gasteiger partial charge in [-0.2, -0.15) is 0 Å². The molecule has 2 aromatic carbocycles. The standard InChI is InChI=1S/C17H21NO3/c1-18-14(12-21-13-8-5-4-6-9-13)17-15(19-2)10-7-11-16(17)20-3/h4-11,14,18H,12H2,1-3H3. The van der Waals surface area contributed by atoms with Crippen LogP contribution >= 0.6 is 0 Å². The van der Waals surface area contributed by atoms with E-state index < -0.39 is 0 Å². The lowest BCUT2D eigenvalue weighted by Gasteiger charge is -2.22. The molecule has 0 aromatic heterocycles. The van der Waals surface area contributed by atoms with Crippen LogP contribution in [0.5, 0.6) is 17.2 Å². The third-order valence-electron chi connectivity index (χ3n) is 3.32. The molecule has 0 fully saturated rings. The summed E-state index contributed by atoms with van der Waals surface area (Å²) in [6.45, 7) is 0.483. The van der Waals surface area contributed by atoms with Crippen molar-refractivity contribution in [3.05, 3.63) is 54.1 Å². The van der Waals surface area contributed by atoms with Gasteiger partial charge in [0.15, 0.2) is 0 Å². The quantitative estimate of drug-likeness (QED) is 0.849. The molecule has 0 aliphatic heterocycles. The van der Waals surface area contributed by atoms with E-state index in [0.717, 1.165) is 22.8 Å². The topological polar surface area (TPSA) is 39.7 Å². The van der Waals surface area contributed by atoms with Crippen molar-refractivity contribution in [3.63, 3.8) is 0 Å². The highest BCUT2D eigenvalue weighted by Gasteiger charge is 2.20. The zero-order chi connectivity index (χ0) is 15.1. The van der Waals surface area contributed by atoms with Crippen LogP contribution in [0.4, 0.5) is 0 Å². The summed E-state index contributed by atoms with van der Waals surface area (Å²) < 4.78 is 16.7. The number of hydrogen-bond acceptors (Lipinski definition) is 4. The lowest BCUT2D eigenvalue weighted by Crippen LogP contribution is -2.24. The molecule has 0 aliphatic carbocycles. The van der Waals surface area contributed by atoms with Crippen molar-refractivity contribution in [1.29, 1.82) is 0 Å². The van der Waals surface area contributed by atoms with Crippen LogP contribution in [0, 0.1) is 0 Å². The Hall–Kier alpha value is -2.20. The van der Waals surface area contributed by atoms with E-state index in [1.807, 2.05) is 55.6 Å².